The van der Waals surface area contributed by atoms with Crippen molar-refractivity contribution in [1.29, 1.82) is 0 Å². The largest absolute Gasteiger partial charge is 0.493 e. The van der Waals surface area contributed by atoms with E-state index < -0.39 is 0 Å². The molecule has 0 spiro atoms. The molecule has 0 saturated carbocycles. The number of benzene rings is 1. The van der Waals surface area contributed by atoms with Gasteiger partial charge in [-0.05, 0) is 18.7 Å². The molecule has 0 aliphatic rings. The van der Waals surface area contributed by atoms with Crippen molar-refractivity contribution in [3.63, 3.8) is 0 Å². The fourth-order valence-corrected chi connectivity index (χ4v) is 1.52. The fourth-order valence-electron chi connectivity index (χ4n) is 1.52. The van der Waals surface area contributed by atoms with Crippen molar-refractivity contribution in [3.8, 4) is 11.5 Å². The van der Waals surface area contributed by atoms with Crippen molar-refractivity contribution >= 4 is 0 Å². The normalized spacial score (nSPS) is 12.2. The van der Waals surface area contributed by atoms with E-state index >= 15 is 0 Å². The molecular weight excluding hydrogens is 218 g/mol. The minimum absolute atomic E-state index is 0.0174. The lowest BCUT2D eigenvalue weighted by atomic mass is 10.3. The quantitative estimate of drug-likeness (QED) is 0.749. The second-order valence-corrected chi connectivity index (χ2v) is 3.65. The molecule has 1 N–H and O–H groups in total. The van der Waals surface area contributed by atoms with Crippen molar-refractivity contribution in [2.24, 2.45) is 0 Å². The van der Waals surface area contributed by atoms with Gasteiger partial charge in [-0.25, -0.2) is 0 Å². The minimum atomic E-state index is -0.0174. The molecule has 0 saturated heterocycles. The summed E-state index contributed by atoms with van der Waals surface area (Å²) < 4.78 is 16.3. The van der Waals surface area contributed by atoms with E-state index in [0.717, 1.165) is 24.6 Å². The molecule has 1 aromatic carbocycles. The molecular formula is C13H21NO3. The van der Waals surface area contributed by atoms with Gasteiger partial charge in [0.1, 0.15) is 6.10 Å². The number of rotatable bonds is 8. The van der Waals surface area contributed by atoms with Gasteiger partial charge in [0, 0.05) is 13.7 Å². The molecule has 0 aliphatic heterocycles. The third kappa shape index (κ3) is 4.63. The number of para-hydroxylation sites is 2. The maximum absolute atomic E-state index is 5.87. The Labute approximate surface area is 103 Å². The molecule has 0 bridgehead atoms. The van der Waals surface area contributed by atoms with Crippen LogP contribution in [0.25, 0.3) is 0 Å². The second kappa shape index (κ2) is 7.92. The van der Waals surface area contributed by atoms with E-state index in [2.05, 4.69) is 12.2 Å². The Kier molecular flexibility index (Phi) is 6.43. The Morgan fingerprint density at radius 1 is 1.18 bits per heavy atom. The first-order chi connectivity index (χ1) is 8.31. The Balaban J connectivity index is 2.63. The second-order valence-electron chi connectivity index (χ2n) is 3.65. The molecule has 1 unspecified atom stereocenters. The molecule has 0 aliphatic carbocycles. The van der Waals surface area contributed by atoms with Crippen LogP contribution in [-0.4, -0.2) is 40.0 Å². The molecule has 1 aromatic rings. The van der Waals surface area contributed by atoms with E-state index in [4.69, 9.17) is 14.2 Å². The lowest BCUT2D eigenvalue weighted by molar-refractivity contribution is 0.0790. The summed E-state index contributed by atoms with van der Waals surface area (Å²) in [5.74, 6) is 1.49. The first-order valence-electron chi connectivity index (χ1n) is 5.81. The maximum atomic E-state index is 5.87. The van der Waals surface area contributed by atoms with Crippen LogP contribution in [0.4, 0.5) is 0 Å². The van der Waals surface area contributed by atoms with Crippen LogP contribution in [-0.2, 0) is 4.74 Å². The van der Waals surface area contributed by atoms with Crippen molar-refractivity contribution in [1.82, 2.24) is 5.32 Å². The van der Waals surface area contributed by atoms with Gasteiger partial charge < -0.3 is 19.5 Å². The number of hydrogen-bond acceptors (Lipinski definition) is 4. The smallest absolute Gasteiger partial charge is 0.161 e. The van der Waals surface area contributed by atoms with Gasteiger partial charge in [0.2, 0.25) is 0 Å². The van der Waals surface area contributed by atoms with Crippen molar-refractivity contribution in [2.45, 2.75) is 13.0 Å². The zero-order valence-corrected chi connectivity index (χ0v) is 10.7. The van der Waals surface area contributed by atoms with E-state index in [1.165, 1.54) is 0 Å². The zero-order chi connectivity index (χ0) is 12.5. The molecule has 4 nitrogen and oxygen atoms in total. The lowest BCUT2D eigenvalue weighted by Gasteiger charge is -2.20. The summed E-state index contributed by atoms with van der Waals surface area (Å²) in [6.45, 7) is 4.27. The van der Waals surface area contributed by atoms with Crippen LogP contribution in [0.1, 0.15) is 6.92 Å². The van der Waals surface area contributed by atoms with E-state index in [9.17, 15) is 0 Å². The molecule has 0 aromatic heterocycles. The predicted molar refractivity (Wildman–Crippen MR) is 67.8 cm³/mol. The molecule has 0 fully saturated rings. The van der Waals surface area contributed by atoms with Gasteiger partial charge >= 0.3 is 0 Å². The van der Waals surface area contributed by atoms with Crippen LogP contribution in [0, 0.1) is 0 Å². The first kappa shape index (κ1) is 13.8. The van der Waals surface area contributed by atoms with Gasteiger partial charge in [-0.3, -0.25) is 0 Å². The fraction of sp³-hybridized carbons (Fsp3) is 0.538. The third-order valence-electron chi connectivity index (χ3n) is 2.34. The number of methoxy groups -OCH3 is 2. The van der Waals surface area contributed by atoms with Gasteiger partial charge in [-0.2, -0.15) is 0 Å². The van der Waals surface area contributed by atoms with Crippen molar-refractivity contribution < 1.29 is 14.2 Å². The summed E-state index contributed by atoms with van der Waals surface area (Å²) in [4.78, 5) is 0. The molecule has 96 valence electrons. The highest BCUT2D eigenvalue weighted by Gasteiger charge is 2.12. The summed E-state index contributed by atoms with van der Waals surface area (Å²) in [5.41, 5.74) is 0. The Hall–Kier alpha value is -1.26. The first-order valence-corrected chi connectivity index (χ1v) is 5.81. The standard InChI is InChI=1S/C13H21NO3/c1-4-14-9-11(10-15-2)17-13-8-6-5-7-12(13)16-3/h5-8,11,14H,4,9-10H2,1-3H3. The third-order valence-corrected chi connectivity index (χ3v) is 2.34. The summed E-state index contributed by atoms with van der Waals surface area (Å²) in [6.07, 6.45) is -0.0174. The minimum Gasteiger partial charge on any atom is -0.493 e. The average Bonchev–Trinajstić information content (AvgIpc) is 2.37. The molecule has 4 heteroatoms. The number of likely N-dealkylation sites (N-methyl/N-ethyl adjacent to an activating group) is 1. The number of hydrogen-bond donors (Lipinski definition) is 1. The highest BCUT2D eigenvalue weighted by Crippen LogP contribution is 2.26. The Morgan fingerprint density at radius 2 is 1.88 bits per heavy atom. The number of nitrogens with one attached hydrogen (secondary N) is 1. The summed E-state index contributed by atoms with van der Waals surface area (Å²) >= 11 is 0. The summed E-state index contributed by atoms with van der Waals surface area (Å²) in [5, 5.41) is 3.25. The summed E-state index contributed by atoms with van der Waals surface area (Å²) in [6, 6.07) is 7.62. The van der Waals surface area contributed by atoms with Crippen LogP contribution in [0.15, 0.2) is 24.3 Å². The summed E-state index contributed by atoms with van der Waals surface area (Å²) in [7, 11) is 3.31. The van der Waals surface area contributed by atoms with E-state index in [-0.39, 0.29) is 6.10 Å². The average molecular weight is 239 g/mol. The number of ether oxygens (including phenoxy) is 3. The van der Waals surface area contributed by atoms with Gasteiger partial charge in [0.05, 0.1) is 13.7 Å². The monoisotopic (exact) mass is 239 g/mol. The highest BCUT2D eigenvalue weighted by molar-refractivity contribution is 5.39. The Morgan fingerprint density at radius 3 is 2.47 bits per heavy atom. The van der Waals surface area contributed by atoms with Crippen molar-refractivity contribution in [2.75, 3.05) is 33.9 Å². The van der Waals surface area contributed by atoms with Gasteiger partial charge in [0.15, 0.2) is 11.5 Å². The maximum Gasteiger partial charge on any atom is 0.161 e. The van der Waals surface area contributed by atoms with Crippen molar-refractivity contribution in [3.05, 3.63) is 24.3 Å². The Bertz CT molecular complexity index is 317. The van der Waals surface area contributed by atoms with Gasteiger partial charge in [-0.1, -0.05) is 19.1 Å². The van der Waals surface area contributed by atoms with E-state index in [1.54, 1.807) is 14.2 Å². The van der Waals surface area contributed by atoms with Crippen LogP contribution in [0.3, 0.4) is 0 Å². The highest BCUT2D eigenvalue weighted by atomic mass is 16.5. The van der Waals surface area contributed by atoms with Crippen LogP contribution in [0.2, 0.25) is 0 Å². The molecule has 1 atom stereocenters. The molecule has 0 heterocycles. The molecule has 0 amide bonds. The molecule has 17 heavy (non-hydrogen) atoms. The van der Waals surface area contributed by atoms with E-state index in [1.807, 2.05) is 24.3 Å². The predicted octanol–water partition coefficient (Wildman–Crippen LogP) is 1.70. The van der Waals surface area contributed by atoms with Gasteiger partial charge in [0.25, 0.3) is 0 Å². The van der Waals surface area contributed by atoms with E-state index in [0.29, 0.717) is 6.61 Å². The SMILES string of the molecule is CCNCC(COC)Oc1ccccc1OC. The topological polar surface area (TPSA) is 39.7 Å². The van der Waals surface area contributed by atoms with Gasteiger partial charge in [-0.15, -0.1) is 0 Å². The lowest BCUT2D eigenvalue weighted by Crippen LogP contribution is -2.34. The molecule has 0 radical (unpaired) electrons. The van der Waals surface area contributed by atoms with Crippen LogP contribution in [0.5, 0.6) is 11.5 Å². The van der Waals surface area contributed by atoms with Crippen LogP contribution < -0.4 is 14.8 Å². The van der Waals surface area contributed by atoms with Crippen LogP contribution >= 0.6 is 0 Å². The zero-order valence-electron chi connectivity index (χ0n) is 10.7. The molecule has 1 rings (SSSR count).